The fraction of sp³-hybridized carbons (Fsp3) is 0.368. The third-order valence-electron chi connectivity index (χ3n) is 4.55. The van der Waals surface area contributed by atoms with Crippen molar-refractivity contribution in [1.29, 1.82) is 0 Å². The van der Waals surface area contributed by atoms with Gasteiger partial charge in [0, 0.05) is 6.04 Å². The van der Waals surface area contributed by atoms with E-state index in [9.17, 15) is 4.39 Å². The van der Waals surface area contributed by atoms with E-state index in [0.29, 0.717) is 5.92 Å². The van der Waals surface area contributed by atoms with Crippen LogP contribution in [0.2, 0.25) is 0 Å². The molecule has 2 heteroatoms. The Morgan fingerprint density at radius 2 is 1.81 bits per heavy atom. The number of nitrogens with one attached hydrogen (secondary N) is 1. The van der Waals surface area contributed by atoms with E-state index >= 15 is 0 Å². The van der Waals surface area contributed by atoms with Crippen molar-refractivity contribution >= 4 is 0 Å². The van der Waals surface area contributed by atoms with Crippen LogP contribution in [0, 0.1) is 18.7 Å². The van der Waals surface area contributed by atoms with Crippen molar-refractivity contribution in [3.8, 4) is 0 Å². The van der Waals surface area contributed by atoms with E-state index in [1.807, 2.05) is 6.07 Å². The Kier molecular flexibility index (Phi) is 4.07. The highest BCUT2D eigenvalue weighted by molar-refractivity contribution is 5.36. The smallest absolute Gasteiger partial charge is 0.123 e. The zero-order valence-electron chi connectivity index (χ0n) is 12.7. The Morgan fingerprint density at radius 3 is 2.43 bits per heavy atom. The Morgan fingerprint density at radius 1 is 1.14 bits per heavy atom. The van der Waals surface area contributed by atoms with E-state index in [2.05, 4.69) is 43.4 Å². The summed E-state index contributed by atoms with van der Waals surface area (Å²) in [6, 6.07) is 14.0. The molecule has 0 aromatic heterocycles. The monoisotopic (exact) mass is 283 g/mol. The van der Waals surface area contributed by atoms with E-state index in [4.69, 9.17) is 0 Å². The van der Waals surface area contributed by atoms with E-state index in [1.54, 1.807) is 12.1 Å². The maximum atomic E-state index is 13.7. The summed E-state index contributed by atoms with van der Waals surface area (Å²) in [5.74, 6) is 0.358. The summed E-state index contributed by atoms with van der Waals surface area (Å²) in [6.07, 6.45) is 2.15. The molecule has 1 aliphatic rings. The first-order valence-electron chi connectivity index (χ1n) is 7.75. The normalized spacial score (nSPS) is 16.0. The van der Waals surface area contributed by atoms with Gasteiger partial charge in [-0.3, -0.25) is 0 Å². The van der Waals surface area contributed by atoms with Crippen molar-refractivity contribution in [2.45, 2.75) is 32.7 Å². The molecule has 0 fully saturated rings. The van der Waals surface area contributed by atoms with Crippen LogP contribution in [0.1, 0.15) is 35.2 Å². The molecule has 0 amide bonds. The quantitative estimate of drug-likeness (QED) is 0.886. The standard InChI is InChI=1S/C19H22FN/c1-3-21-19(18-12-17(20)9-8-13(18)2)16-10-14-6-4-5-7-15(14)11-16/h4-9,12,16,19,21H,3,10-11H2,1-2H3. The minimum absolute atomic E-state index is 0.144. The van der Waals surface area contributed by atoms with Gasteiger partial charge < -0.3 is 5.32 Å². The van der Waals surface area contributed by atoms with E-state index in [-0.39, 0.29) is 11.9 Å². The predicted molar refractivity (Wildman–Crippen MR) is 84.9 cm³/mol. The number of rotatable bonds is 4. The maximum absolute atomic E-state index is 13.7. The zero-order chi connectivity index (χ0) is 14.8. The lowest BCUT2D eigenvalue weighted by atomic mass is 9.88. The van der Waals surface area contributed by atoms with E-state index in [0.717, 1.165) is 24.9 Å². The number of hydrogen-bond donors (Lipinski definition) is 1. The summed E-state index contributed by atoms with van der Waals surface area (Å²) in [6.45, 7) is 5.08. The molecule has 21 heavy (non-hydrogen) atoms. The average Bonchev–Trinajstić information content (AvgIpc) is 2.91. The van der Waals surface area contributed by atoms with Gasteiger partial charge in [0.1, 0.15) is 5.82 Å². The number of fused-ring (bicyclic) bond motifs is 1. The molecule has 3 rings (SSSR count). The van der Waals surface area contributed by atoms with Crippen molar-refractivity contribution in [2.24, 2.45) is 5.92 Å². The molecule has 110 valence electrons. The second kappa shape index (κ2) is 5.98. The second-order valence-electron chi connectivity index (χ2n) is 5.97. The van der Waals surface area contributed by atoms with Crippen molar-refractivity contribution in [3.05, 3.63) is 70.5 Å². The molecule has 1 aliphatic carbocycles. The van der Waals surface area contributed by atoms with Gasteiger partial charge in [-0.05, 0) is 66.6 Å². The molecule has 0 aliphatic heterocycles. The Hall–Kier alpha value is -1.67. The molecule has 0 saturated heterocycles. The molecule has 1 atom stereocenters. The lowest BCUT2D eigenvalue weighted by molar-refractivity contribution is 0.378. The molecule has 1 N–H and O–H groups in total. The lowest BCUT2D eigenvalue weighted by Crippen LogP contribution is -2.29. The molecule has 0 spiro atoms. The SMILES string of the molecule is CCNC(c1cc(F)ccc1C)C1Cc2ccccc2C1. The summed E-state index contributed by atoms with van der Waals surface area (Å²) < 4.78 is 13.7. The summed E-state index contributed by atoms with van der Waals surface area (Å²) in [7, 11) is 0. The first kappa shape index (κ1) is 14.3. The largest absolute Gasteiger partial charge is 0.310 e. The van der Waals surface area contributed by atoms with Crippen LogP contribution < -0.4 is 5.32 Å². The third kappa shape index (κ3) is 2.86. The Bertz CT molecular complexity index is 610. The summed E-state index contributed by atoms with van der Waals surface area (Å²) in [5.41, 5.74) is 5.16. The fourth-order valence-corrected chi connectivity index (χ4v) is 3.53. The van der Waals surface area contributed by atoms with Crippen LogP contribution in [0.5, 0.6) is 0 Å². The lowest BCUT2D eigenvalue weighted by Gasteiger charge is -2.26. The van der Waals surface area contributed by atoms with Gasteiger partial charge in [-0.15, -0.1) is 0 Å². The highest BCUT2D eigenvalue weighted by atomic mass is 19.1. The highest BCUT2D eigenvalue weighted by Crippen LogP contribution is 2.36. The topological polar surface area (TPSA) is 12.0 Å². The van der Waals surface area contributed by atoms with Crippen LogP contribution in [0.4, 0.5) is 4.39 Å². The molecular formula is C19H22FN. The van der Waals surface area contributed by atoms with Crippen LogP contribution in [0.25, 0.3) is 0 Å². The van der Waals surface area contributed by atoms with Crippen LogP contribution in [-0.4, -0.2) is 6.54 Å². The van der Waals surface area contributed by atoms with Crippen LogP contribution in [0.15, 0.2) is 42.5 Å². The van der Waals surface area contributed by atoms with Gasteiger partial charge in [0.25, 0.3) is 0 Å². The summed E-state index contributed by atoms with van der Waals surface area (Å²) in [4.78, 5) is 0. The van der Waals surface area contributed by atoms with E-state index in [1.165, 1.54) is 16.7 Å². The van der Waals surface area contributed by atoms with Gasteiger partial charge in [-0.2, -0.15) is 0 Å². The molecule has 0 saturated carbocycles. The molecule has 0 radical (unpaired) electrons. The van der Waals surface area contributed by atoms with Gasteiger partial charge in [0.15, 0.2) is 0 Å². The van der Waals surface area contributed by atoms with Gasteiger partial charge in [0.05, 0.1) is 0 Å². The van der Waals surface area contributed by atoms with Crippen molar-refractivity contribution in [2.75, 3.05) is 6.54 Å². The third-order valence-corrected chi connectivity index (χ3v) is 4.55. The molecule has 0 heterocycles. The van der Waals surface area contributed by atoms with Crippen molar-refractivity contribution in [1.82, 2.24) is 5.32 Å². The summed E-state index contributed by atoms with van der Waals surface area (Å²) in [5, 5.41) is 3.58. The van der Waals surface area contributed by atoms with Crippen molar-refractivity contribution < 1.29 is 4.39 Å². The van der Waals surface area contributed by atoms with Crippen LogP contribution >= 0.6 is 0 Å². The first-order chi connectivity index (χ1) is 10.2. The Labute approximate surface area is 126 Å². The maximum Gasteiger partial charge on any atom is 0.123 e. The molecule has 1 nitrogen and oxygen atoms in total. The predicted octanol–water partition coefficient (Wildman–Crippen LogP) is 4.20. The van der Waals surface area contributed by atoms with Crippen LogP contribution in [-0.2, 0) is 12.8 Å². The minimum atomic E-state index is -0.144. The molecule has 2 aromatic rings. The molecule has 1 unspecified atom stereocenters. The number of hydrogen-bond acceptors (Lipinski definition) is 1. The van der Waals surface area contributed by atoms with Crippen LogP contribution in [0.3, 0.4) is 0 Å². The number of halogens is 1. The molecule has 2 aromatic carbocycles. The van der Waals surface area contributed by atoms with Gasteiger partial charge >= 0.3 is 0 Å². The number of benzene rings is 2. The van der Waals surface area contributed by atoms with Crippen molar-refractivity contribution in [3.63, 3.8) is 0 Å². The van der Waals surface area contributed by atoms with Gasteiger partial charge in [-0.25, -0.2) is 4.39 Å². The first-order valence-corrected chi connectivity index (χ1v) is 7.75. The number of aryl methyl sites for hydroxylation is 1. The van der Waals surface area contributed by atoms with Gasteiger partial charge in [-0.1, -0.05) is 37.3 Å². The zero-order valence-corrected chi connectivity index (χ0v) is 12.7. The molecular weight excluding hydrogens is 261 g/mol. The van der Waals surface area contributed by atoms with E-state index < -0.39 is 0 Å². The van der Waals surface area contributed by atoms with Gasteiger partial charge in [0.2, 0.25) is 0 Å². The second-order valence-corrected chi connectivity index (χ2v) is 5.97. The molecule has 0 bridgehead atoms. The fourth-order valence-electron chi connectivity index (χ4n) is 3.53. The summed E-state index contributed by atoms with van der Waals surface area (Å²) >= 11 is 0. The Balaban J connectivity index is 1.91. The highest BCUT2D eigenvalue weighted by Gasteiger charge is 2.30. The minimum Gasteiger partial charge on any atom is -0.310 e. The average molecular weight is 283 g/mol.